The molecule has 2 bridgehead atoms. The monoisotopic (exact) mass is 1070 g/mol. The van der Waals surface area contributed by atoms with Crippen LogP contribution in [0.25, 0.3) is 11.3 Å². The van der Waals surface area contributed by atoms with Gasteiger partial charge in [-0.1, -0.05) is 69.3 Å². The van der Waals surface area contributed by atoms with Crippen molar-refractivity contribution in [1.29, 1.82) is 0 Å². The molecule has 75 heavy (non-hydrogen) atoms. The Kier molecular flexibility index (Phi) is 19.8. The van der Waals surface area contributed by atoms with Crippen LogP contribution in [0.15, 0.2) is 79.1 Å². The van der Waals surface area contributed by atoms with Crippen molar-refractivity contribution >= 4 is 41.4 Å². The first kappa shape index (κ1) is 57.7. The van der Waals surface area contributed by atoms with Gasteiger partial charge in [0.1, 0.15) is 23.7 Å². The smallest absolute Gasteiger partial charge is 0.407 e. The quantitative estimate of drug-likeness (QED) is 0.0342. The Bertz CT molecular complexity index is 2630. The third-order valence-electron chi connectivity index (χ3n) is 13.4. The van der Waals surface area contributed by atoms with Gasteiger partial charge < -0.3 is 35.4 Å². The van der Waals surface area contributed by atoms with Gasteiger partial charge in [-0.05, 0) is 73.4 Å². The number of alkyl halides is 4. The number of nitrogens with zero attached hydrogens (tertiary/aromatic N) is 5. The highest BCUT2D eigenvalue weighted by atomic mass is 35.5. The minimum atomic E-state index is -2.38. The number of ether oxygens (including phenoxy) is 2. The van der Waals surface area contributed by atoms with Crippen LogP contribution in [0, 0.1) is 28.5 Å². The number of aromatic nitrogens is 2. The Morgan fingerprint density at radius 2 is 1.44 bits per heavy atom. The van der Waals surface area contributed by atoms with Crippen molar-refractivity contribution in [2.24, 2.45) is 10.8 Å². The van der Waals surface area contributed by atoms with Crippen LogP contribution in [0.1, 0.15) is 62.8 Å². The lowest BCUT2D eigenvalue weighted by Gasteiger charge is -2.41. The number of aliphatic hydroxyl groups is 1. The van der Waals surface area contributed by atoms with Crippen molar-refractivity contribution in [3.63, 3.8) is 0 Å². The molecule has 4 amide bonds. The number of alkyl carbamates (subject to hydrolysis) is 2. The lowest BCUT2D eigenvalue weighted by molar-refractivity contribution is -0.133. The molecule has 2 aliphatic rings. The molecule has 2 fully saturated rings. The lowest BCUT2D eigenvalue weighted by Crippen LogP contribution is -2.61. The summed E-state index contributed by atoms with van der Waals surface area (Å²) < 4.78 is 81.0. The summed E-state index contributed by atoms with van der Waals surface area (Å²) in [6.07, 6.45) is -1.34. The molecule has 2 aromatic heterocycles. The van der Waals surface area contributed by atoms with E-state index in [0.29, 0.717) is 41.0 Å². The zero-order valence-corrected chi connectivity index (χ0v) is 43.3. The van der Waals surface area contributed by atoms with E-state index in [1.54, 1.807) is 48.7 Å². The number of carbonyl (C=O) groups excluding carboxylic acids is 4. The third-order valence-corrected chi connectivity index (χ3v) is 13.7. The second-order valence-electron chi connectivity index (χ2n) is 20.0. The summed E-state index contributed by atoms with van der Waals surface area (Å²) in [4.78, 5) is 66.1. The van der Waals surface area contributed by atoms with Gasteiger partial charge in [-0.25, -0.2) is 32.8 Å². The van der Waals surface area contributed by atoms with Crippen LogP contribution in [0.3, 0.4) is 0 Å². The molecule has 4 aromatic rings. The van der Waals surface area contributed by atoms with Gasteiger partial charge in [-0.3, -0.25) is 33.7 Å². The maximum Gasteiger partial charge on any atom is 0.407 e. The standard InChI is InChI=1S/C53H63ClF5N9O7/c1-52(2,30-55)46(63-50(72)74-5)48(70)62-42(21-33-13-10-32(11-14-33)12-15-34-16-19-45(61-24-34)66-25-36-17-18-37(26-66)68(36)29-44(58)59)43(69)28-67(65-49(71)47(53(3,4)31-56)64-51(73)75-6)27-38-39(54)22-35(23-40(38)57)41-9-7-8-20-60-41/h7-11,13-14,16,19-20,22-24,36-37,42-44,46-47,69H,17-18,21,25-31H2,1-6H3,(H,62,70)(H,63,72)(H,64,73)(H,65,71)/t36?,37?,42-,43-,46?,47+/m0/s1. The highest BCUT2D eigenvalue weighted by molar-refractivity contribution is 6.31. The molecule has 16 nitrogen and oxygen atoms in total. The minimum Gasteiger partial charge on any atom is -0.453 e. The molecule has 0 radical (unpaired) electrons. The number of halogens is 6. The fraction of sp³-hybridized carbons (Fsp3) is 0.472. The number of anilines is 1. The number of amides is 4. The Balaban J connectivity index is 1.27. The van der Waals surface area contributed by atoms with Crippen molar-refractivity contribution in [3.8, 4) is 23.1 Å². The van der Waals surface area contributed by atoms with Crippen LogP contribution in [0.5, 0.6) is 0 Å². The fourth-order valence-corrected chi connectivity index (χ4v) is 9.31. The fourth-order valence-electron chi connectivity index (χ4n) is 9.04. The van der Waals surface area contributed by atoms with Crippen LogP contribution in [-0.4, -0.2) is 145 Å². The van der Waals surface area contributed by atoms with Gasteiger partial charge in [0.15, 0.2) is 0 Å². The van der Waals surface area contributed by atoms with Gasteiger partial charge >= 0.3 is 12.2 Å². The normalized spacial score (nSPS) is 17.3. The van der Waals surface area contributed by atoms with E-state index in [9.17, 15) is 41.8 Å². The second-order valence-corrected chi connectivity index (χ2v) is 20.4. The van der Waals surface area contributed by atoms with E-state index in [1.807, 2.05) is 17.0 Å². The molecule has 404 valence electrons. The minimum absolute atomic E-state index is 0.0458. The summed E-state index contributed by atoms with van der Waals surface area (Å²) in [6, 6.07) is 13.9. The highest BCUT2D eigenvalue weighted by Crippen LogP contribution is 2.33. The number of carbonyl (C=O) groups is 4. The van der Waals surface area contributed by atoms with Gasteiger partial charge in [0.2, 0.25) is 5.91 Å². The molecule has 2 aromatic carbocycles. The number of aliphatic hydroxyl groups excluding tert-OH is 1. The number of pyridine rings is 2. The summed E-state index contributed by atoms with van der Waals surface area (Å²) in [5.41, 5.74) is 1.96. The molecular formula is C53H63ClF5N9O7. The van der Waals surface area contributed by atoms with Crippen molar-refractivity contribution in [3.05, 3.63) is 112 Å². The topological polar surface area (TPSA) is 191 Å². The van der Waals surface area contributed by atoms with E-state index in [-0.39, 0.29) is 35.6 Å². The Morgan fingerprint density at radius 3 is 1.97 bits per heavy atom. The number of methoxy groups -OCH3 is 2. The number of fused-ring (bicyclic) bond motifs is 2. The summed E-state index contributed by atoms with van der Waals surface area (Å²) in [5, 5.41) is 20.7. The number of nitrogens with one attached hydrogen (secondary N) is 4. The maximum atomic E-state index is 16.2. The maximum absolute atomic E-state index is 16.2. The van der Waals surface area contributed by atoms with E-state index < -0.39 is 97.7 Å². The van der Waals surface area contributed by atoms with Gasteiger partial charge in [0, 0.05) is 88.8 Å². The molecule has 22 heteroatoms. The average molecular weight is 1070 g/mol. The van der Waals surface area contributed by atoms with Crippen LogP contribution in [0.4, 0.5) is 37.4 Å². The molecular weight excluding hydrogens is 1010 g/mol. The number of piperazine rings is 1. The summed E-state index contributed by atoms with van der Waals surface area (Å²) >= 11 is 6.70. The van der Waals surface area contributed by atoms with E-state index in [4.69, 9.17) is 21.1 Å². The molecule has 5 N–H and O–H groups in total. The van der Waals surface area contributed by atoms with Gasteiger partial charge in [-0.15, -0.1) is 0 Å². The van der Waals surface area contributed by atoms with Crippen molar-refractivity contribution in [2.75, 3.05) is 58.6 Å². The number of benzene rings is 2. The number of hydrogen-bond acceptors (Lipinski definition) is 12. The van der Waals surface area contributed by atoms with Crippen molar-refractivity contribution in [1.82, 2.24) is 41.3 Å². The van der Waals surface area contributed by atoms with E-state index in [0.717, 1.165) is 37.9 Å². The zero-order valence-electron chi connectivity index (χ0n) is 42.5. The average Bonchev–Trinajstić information content (AvgIpc) is 3.60. The summed E-state index contributed by atoms with van der Waals surface area (Å²) in [7, 11) is 2.12. The molecule has 0 aliphatic carbocycles. The predicted octanol–water partition coefficient (Wildman–Crippen LogP) is 6.62. The number of hydrogen-bond donors (Lipinski definition) is 5. The molecule has 0 spiro atoms. The van der Waals surface area contributed by atoms with E-state index in [1.165, 1.54) is 46.0 Å². The Hall–Kier alpha value is -6.60. The molecule has 6 atom stereocenters. The van der Waals surface area contributed by atoms with Crippen molar-refractivity contribution in [2.45, 2.75) is 96.2 Å². The summed E-state index contributed by atoms with van der Waals surface area (Å²) in [6.45, 7) is 3.32. The molecule has 3 unspecified atom stereocenters. The third kappa shape index (κ3) is 15.3. The zero-order chi connectivity index (χ0) is 54.6. The predicted molar refractivity (Wildman–Crippen MR) is 271 cm³/mol. The molecule has 2 saturated heterocycles. The van der Waals surface area contributed by atoms with Crippen LogP contribution in [0.2, 0.25) is 5.02 Å². The molecule has 0 saturated carbocycles. The van der Waals surface area contributed by atoms with Crippen LogP contribution in [-0.2, 0) is 32.0 Å². The van der Waals surface area contributed by atoms with Crippen molar-refractivity contribution < 1.29 is 55.7 Å². The van der Waals surface area contributed by atoms with Gasteiger partial charge in [0.05, 0.1) is 52.0 Å². The Labute approximate surface area is 438 Å². The molecule has 2 aliphatic heterocycles. The first-order chi connectivity index (χ1) is 35.6. The van der Waals surface area contributed by atoms with E-state index >= 15 is 4.39 Å². The first-order valence-corrected chi connectivity index (χ1v) is 24.6. The number of rotatable bonds is 21. The van der Waals surface area contributed by atoms with Gasteiger partial charge in [-0.2, -0.15) is 0 Å². The highest BCUT2D eigenvalue weighted by Gasteiger charge is 2.43. The van der Waals surface area contributed by atoms with Gasteiger partial charge in [0.25, 0.3) is 12.3 Å². The number of hydrazine groups is 1. The molecule has 4 heterocycles. The molecule has 6 rings (SSSR count). The summed E-state index contributed by atoms with van der Waals surface area (Å²) in [5.74, 6) is 4.22. The Morgan fingerprint density at radius 1 is 0.840 bits per heavy atom. The second kappa shape index (κ2) is 25.8. The SMILES string of the molecule is COC(=O)NC(C(=O)N[C@@H](Cc1ccc(C#Cc2ccc(N3CC4CCC(C3)N4CC(F)F)nc2)cc1)[C@@H](O)CN(Cc1c(F)cc(-c2ccccn2)cc1Cl)NC(=O)[C@@H](NC(=O)OC)C(C)(C)CF)C(C)(C)CF. The van der Waals surface area contributed by atoms with E-state index in [2.05, 4.69) is 48.1 Å². The lowest BCUT2D eigenvalue weighted by atomic mass is 9.84. The van der Waals surface area contributed by atoms with Crippen LogP contribution < -0.4 is 26.3 Å². The largest absolute Gasteiger partial charge is 0.453 e. The first-order valence-electron chi connectivity index (χ1n) is 24.2. The van der Waals surface area contributed by atoms with Crippen LogP contribution >= 0.6 is 11.6 Å².